The first-order valence-electron chi connectivity index (χ1n) is 4.96. The lowest BCUT2D eigenvalue weighted by Crippen LogP contribution is -2.01. The van der Waals surface area contributed by atoms with Crippen LogP contribution in [0.5, 0.6) is 0 Å². The van der Waals surface area contributed by atoms with Gasteiger partial charge in [-0.3, -0.25) is 5.10 Å². The normalized spacial score (nSPS) is 10.8. The van der Waals surface area contributed by atoms with Crippen LogP contribution in [0.25, 0.3) is 11.0 Å². The average molecular weight is 248 g/mol. The van der Waals surface area contributed by atoms with E-state index in [-0.39, 0.29) is 11.8 Å². The molecular formula is C10H6F2N6. The third-order valence-electron chi connectivity index (χ3n) is 2.23. The Morgan fingerprint density at radius 1 is 1.11 bits per heavy atom. The largest absolute Gasteiger partial charge is 0.306 e. The van der Waals surface area contributed by atoms with Crippen LogP contribution in [0.4, 0.5) is 20.5 Å². The van der Waals surface area contributed by atoms with E-state index in [4.69, 9.17) is 0 Å². The second kappa shape index (κ2) is 3.99. The van der Waals surface area contributed by atoms with Gasteiger partial charge in [0.1, 0.15) is 5.82 Å². The van der Waals surface area contributed by atoms with Crippen molar-refractivity contribution in [2.45, 2.75) is 0 Å². The van der Waals surface area contributed by atoms with Gasteiger partial charge in [-0.05, 0) is 0 Å². The molecule has 3 aromatic rings. The molecule has 3 rings (SSSR count). The number of anilines is 2. The predicted molar refractivity (Wildman–Crippen MR) is 59.1 cm³/mol. The van der Waals surface area contributed by atoms with Gasteiger partial charge in [-0.2, -0.15) is 10.1 Å². The van der Waals surface area contributed by atoms with Crippen LogP contribution in [0.2, 0.25) is 0 Å². The van der Waals surface area contributed by atoms with E-state index >= 15 is 0 Å². The fourth-order valence-corrected chi connectivity index (χ4v) is 1.41. The standard InChI is InChI=1S/C10H6F2N6/c11-6-1-7(12)9(13-4-6)17-10-14-2-5-3-15-18-8(5)16-10/h1-4H,(H2,13,14,15,16,17,18). The van der Waals surface area contributed by atoms with Gasteiger partial charge in [0.25, 0.3) is 0 Å². The number of hydrogen-bond acceptors (Lipinski definition) is 5. The molecule has 0 bridgehead atoms. The monoisotopic (exact) mass is 248 g/mol. The summed E-state index contributed by atoms with van der Waals surface area (Å²) in [6, 6.07) is 0.726. The molecular weight excluding hydrogens is 242 g/mol. The van der Waals surface area contributed by atoms with Crippen molar-refractivity contribution in [2.24, 2.45) is 0 Å². The minimum absolute atomic E-state index is 0.143. The van der Waals surface area contributed by atoms with E-state index in [1.807, 2.05) is 0 Å². The SMILES string of the molecule is Fc1cnc(Nc2ncc3cn[nH]c3n2)c(F)c1. The van der Waals surface area contributed by atoms with Crippen LogP contribution in [0.15, 0.2) is 24.7 Å². The summed E-state index contributed by atoms with van der Waals surface area (Å²) in [5, 5.41) is 9.73. The maximum Gasteiger partial charge on any atom is 0.230 e. The van der Waals surface area contributed by atoms with Crippen molar-refractivity contribution in [2.75, 3.05) is 5.32 Å². The molecule has 0 spiro atoms. The first-order chi connectivity index (χ1) is 8.72. The van der Waals surface area contributed by atoms with Crippen LogP contribution in [-0.2, 0) is 0 Å². The van der Waals surface area contributed by atoms with Crippen molar-refractivity contribution in [3.8, 4) is 0 Å². The quantitative estimate of drug-likeness (QED) is 0.722. The van der Waals surface area contributed by atoms with Crippen molar-refractivity contribution in [3.63, 3.8) is 0 Å². The zero-order valence-corrected chi connectivity index (χ0v) is 8.85. The van der Waals surface area contributed by atoms with Crippen LogP contribution in [0, 0.1) is 11.6 Å². The third-order valence-corrected chi connectivity index (χ3v) is 2.23. The number of hydrogen-bond donors (Lipinski definition) is 2. The average Bonchev–Trinajstić information content (AvgIpc) is 2.80. The molecule has 18 heavy (non-hydrogen) atoms. The van der Waals surface area contributed by atoms with Gasteiger partial charge in [-0.25, -0.2) is 18.7 Å². The fourth-order valence-electron chi connectivity index (χ4n) is 1.41. The number of aromatic amines is 1. The smallest absolute Gasteiger partial charge is 0.230 e. The number of H-pyrrole nitrogens is 1. The molecule has 0 atom stereocenters. The van der Waals surface area contributed by atoms with Gasteiger partial charge < -0.3 is 5.32 Å². The maximum atomic E-state index is 13.3. The minimum Gasteiger partial charge on any atom is -0.306 e. The molecule has 0 aliphatic carbocycles. The zero-order chi connectivity index (χ0) is 12.5. The van der Waals surface area contributed by atoms with E-state index < -0.39 is 11.6 Å². The summed E-state index contributed by atoms with van der Waals surface area (Å²) >= 11 is 0. The van der Waals surface area contributed by atoms with Crippen molar-refractivity contribution < 1.29 is 8.78 Å². The lowest BCUT2D eigenvalue weighted by molar-refractivity contribution is 0.576. The lowest BCUT2D eigenvalue weighted by Gasteiger charge is -2.04. The topological polar surface area (TPSA) is 79.4 Å². The Balaban J connectivity index is 1.95. The highest BCUT2D eigenvalue weighted by Gasteiger charge is 2.08. The Labute approximate surface area is 99.1 Å². The molecule has 8 heteroatoms. The first-order valence-corrected chi connectivity index (χ1v) is 4.96. The van der Waals surface area contributed by atoms with Crippen LogP contribution >= 0.6 is 0 Å². The van der Waals surface area contributed by atoms with E-state index in [2.05, 4.69) is 30.5 Å². The van der Waals surface area contributed by atoms with Gasteiger partial charge in [0.15, 0.2) is 17.3 Å². The second-order valence-electron chi connectivity index (χ2n) is 3.48. The molecule has 0 aliphatic heterocycles. The van der Waals surface area contributed by atoms with Crippen molar-refractivity contribution in [1.29, 1.82) is 0 Å². The van der Waals surface area contributed by atoms with E-state index in [1.54, 1.807) is 6.20 Å². The molecule has 3 heterocycles. The maximum absolute atomic E-state index is 13.3. The highest BCUT2D eigenvalue weighted by atomic mass is 19.1. The molecule has 0 fully saturated rings. The molecule has 2 N–H and O–H groups in total. The number of aromatic nitrogens is 5. The molecule has 3 aromatic heterocycles. The van der Waals surface area contributed by atoms with Gasteiger partial charge in [0, 0.05) is 12.3 Å². The highest BCUT2D eigenvalue weighted by Crippen LogP contribution is 2.16. The Bertz CT molecular complexity index is 710. The Hall–Kier alpha value is -2.64. The van der Waals surface area contributed by atoms with Gasteiger partial charge >= 0.3 is 0 Å². The van der Waals surface area contributed by atoms with Crippen LogP contribution in [-0.4, -0.2) is 25.1 Å². The van der Waals surface area contributed by atoms with Crippen molar-refractivity contribution >= 4 is 22.8 Å². The summed E-state index contributed by atoms with van der Waals surface area (Å²) in [7, 11) is 0. The Morgan fingerprint density at radius 3 is 2.83 bits per heavy atom. The summed E-state index contributed by atoms with van der Waals surface area (Å²) in [4.78, 5) is 11.6. The first kappa shape index (κ1) is 10.5. The Morgan fingerprint density at radius 2 is 2.00 bits per heavy atom. The number of pyridine rings is 1. The molecule has 0 unspecified atom stereocenters. The molecule has 0 radical (unpaired) electrons. The van der Waals surface area contributed by atoms with E-state index in [0.717, 1.165) is 17.6 Å². The highest BCUT2D eigenvalue weighted by molar-refractivity contribution is 5.74. The summed E-state index contributed by atoms with van der Waals surface area (Å²) < 4.78 is 26.0. The summed E-state index contributed by atoms with van der Waals surface area (Å²) in [5.74, 6) is -1.56. The van der Waals surface area contributed by atoms with E-state index in [1.165, 1.54) is 6.20 Å². The van der Waals surface area contributed by atoms with Crippen molar-refractivity contribution in [1.82, 2.24) is 25.1 Å². The van der Waals surface area contributed by atoms with E-state index in [9.17, 15) is 8.78 Å². The zero-order valence-electron chi connectivity index (χ0n) is 8.85. The molecule has 0 aromatic carbocycles. The number of halogens is 2. The molecule has 90 valence electrons. The van der Waals surface area contributed by atoms with E-state index in [0.29, 0.717) is 5.65 Å². The van der Waals surface area contributed by atoms with Crippen molar-refractivity contribution in [3.05, 3.63) is 36.3 Å². The molecule has 0 amide bonds. The summed E-state index contributed by atoms with van der Waals surface area (Å²) in [5.41, 5.74) is 0.509. The number of rotatable bonds is 2. The number of fused-ring (bicyclic) bond motifs is 1. The number of nitrogens with one attached hydrogen (secondary N) is 2. The predicted octanol–water partition coefficient (Wildman–Crippen LogP) is 1.77. The fraction of sp³-hybridized carbons (Fsp3) is 0. The Kier molecular flexibility index (Phi) is 2.33. The molecule has 6 nitrogen and oxygen atoms in total. The third kappa shape index (κ3) is 1.83. The molecule has 0 aliphatic rings. The van der Waals surface area contributed by atoms with Gasteiger partial charge in [0.05, 0.1) is 17.8 Å². The number of nitrogens with zero attached hydrogens (tertiary/aromatic N) is 4. The van der Waals surface area contributed by atoms with Crippen LogP contribution in [0.3, 0.4) is 0 Å². The lowest BCUT2D eigenvalue weighted by atomic mass is 10.4. The second-order valence-corrected chi connectivity index (χ2v) is 3.48. The molecule has 0 saturated carbocycles. The van der Waals surface area contributed by atoms with Gasteiger partial charge in [-0.15, -0.1) is 0 Å². The summed E-state index contributed by atoms with van der Waals surface area (Å²) in [6.45, 7) is 0. The van der Waals surface area contributed by atoms with Gasteiger partial charge in [0.2, 0.25) is 5.95 Å². The van der Waals surface area contributed by atoms with Crippen LogP contribution in [0.1, 0.15) is 0 Å². The van der Waals surface area contributed by atoms with Gasteiger partial charge in [-0.1, -0.05) is 0 Å². The van der Waals surface area contributed by atoms with Crippen LogP contribution < -0.4 is 5.32 Å². The summed E-state index contributed by atoms with van der Waals surface area (Å²) in [6.07, 6.45) is 3.99. The minimum atomic E-state index is -0.816. The molecule has 0 saturated heterocycles.